The van der Waals surface area contributed by atoms with Gasteiger partial charge in [0, 0.05) is 12.4 Å². The lowest BCUT2D eigenvalue weighted by Gasteiger charge is -2.10. The smallest absolute Gasteiger partial charge is 0.360 e. The minimum absolute atomic E-state index is 0.00357. The second kappa shape index (κ2) is 7.10. The molecular weight excluding hydrogens is 317 g/mol. The highest BCUT2D eigenvalue weighted by Gasteiger charge is 2.13. The average Bonchev–Trinajstić information content (AvgIpc) is 2.46. The number of esters is 1. The molecule has 0 aliphatic carbocycles. The van der Waals surface area contributed by atoms with Crippen LogP contribution in [0.25, 0.3) is 0 Å². The molecule has 0 unspecified atom stereocenters. The maximum Gasteiger partial charge on any atom is 0.360 e. The Bertz CT molecular complexity index is 632. The molecular formula is C13H11Cl2N3O3. The maximum atomic E-state index is 11.7. The highest BCUT2D eigenvalue weighted by atomic mass is 35.5. The largest absolute Gasteiger partial charge is 0.487 e. The monoisotopic (exact) mass is 327 g/mol. The number of carbonyl (C=O) groups excluding carboxylic acids is 1. The minimum atomic E-state index is -0.672. The summed E-state index contributed by atoms with van der Waals surface area (Å²) in [6.45, 7) is 0.0890. The molecule has 0 amide bonds. The fraction of sp³-hybridized carbons (Fsp3) is 0.154. The van der Waals surface area contributed by atoms with Gasteiger partial charge in [0.25, 0.3) is 0 Å². The molecule has 2 aromatic rings. The molecule has 0 spiro atoms. The van der Waals surface area contributed by atoms with Gasteiger partial charge < -0.3 is 15.2 Å². The number of nitrogens with two attached hydrogens (primary N) is 1. The number of benzene rings is 1. The third kappa shape index (κ3) is 3.96. The molecule has 2 rings (SSSR count). The summed E-state index contributed by atoms with van der Waals surface area (Å²) in [6, 6.07) is 5.00. The van der Waals surface area contributed by atoms with E-state index in [-0.39, 0.29) is 24.7 Å². The summed E-state index contributed by atoms with van der Waals surface area (Å²) in [4.78, 5) is 19.2. The number of ether oxygens (including phenoxy) is 2. The van der Waals surface area contributed by atoms with Crippen molar-refractivity contribution >= 4 is 35.0 Å². The van der Waals surface area contributed by atoms with E-state index in [2.05, 4.69) is 9.97 Å². The molecule has 0 aliphatic rings. The van der Waals surface area contributed by atoms with Crippen LogP contribution in [0.2, 0.25) is 10.0 Å². The van der Waals surface area contributed by atoms with Gasteiger partial charge in [-0.2, -0.15) is 0 Å². The summed E-state index contributed by atoms with van der Waals surface area (Å²) in [7, 11) is 0. The molecule has 6 nitrogen and oxygen atoms in total. The molecule has 1 aromatic heterocycles. The van der Waals surface area contributed by atoms with Gasteiger partial charge in [0.15, 0.2) is 17.3 Å². The van der Waals surface area contributed by atoms with Crippen molar-refractivity contribution in [1.29, 1.82) is 0 Å². The van der Waals surface area contributed by atoms with Crippen molar-refractivity contribution in [2.75, 3.05) is 18.9 Å². The zero-order valence-corrected chi connectivity index (χ0v) is 12.3. The molecule has 0 fully saturated rings. The number of carbonyl (C=O) groups is 1. The van der Waals surface area contributed by atoms with Gasteiger partial charge in [-0.25, -0.2) is 14.8 Å². The molecule has 8 heteroatoms. The average molecular weight is 328 g/mol. The van der Waals surface area contributed by atoms with E-state index >= 15 is 0 Å². The standard InChI is InChI=1S/C13H11Cl2N3O3/c14-8-2-1-3-9(15)11(8)20-6-7-21-13(19)10-12(16)18-5-4-17-10/h1-5H,6-7H2,(H2,16,18). The van der Waals surface area contributed by atoms with E-state index in [4.69, 9.17) is 38.4 Å². The van der Waals surface area contributed by atoms with E-state index in [0.29, 0.717) is 15.8 Å². The van der Waals surface area contributed by atoms with Gasteiger partial charge in [-0.05, 0) is 12.1 Å². The predicted molar refractivity (Wildman–Crippen MR) is 78.7 cm³/mol. The number of rotatable bonds is 5. The van der Waals surface area contributed by atoms with E-state index < -0.39 is 5.97 Å². The molecule has 0 bridgehead atoms. The number of nitrogen functional groups attached to an aromatic ring is 1. The van der Waals surface area contributed by atoms with Crippen molar-refractivity contribution < 1.29 is 14.3 Å². The van der Waals surface area contributed by atoms with Crippen LogP contribution >= 0.6 is 23.2 Å². The molecule has 0 saturated carbocycles. The second-order valence-corrected chi connectivity index (χ2v) is 4.64. The molecule has 2 N–H and O–H groups in total. The van der Waals surface area contributed by atoms with E-state index in [1.807, 2.05) is 0 Å². The van der Waals surface area contributed by atoms with Crippen LogP contribution in [-0.2, 0) is 4.74 Å². The van der Waals surface area contributed by atoms with Gasteiger partial charge in [0.2, 0.25) is 0 Å². The molecule has 0 aliphatic heterocycles. The lowest BCUT2D eigenvalue weighted by molar-refractivity contribution is 0.0445. The zero-order chi connectivity index (χ0) is 15.2. The Morgan fingerprint density at radius 2 is 1.81 bits per heavy atom. The number of hydrogen-bond donors (Lipinski definition) is 1. The first-order valence-corrected chi connectivity index (χ1v) is 6.65. The molecule has 0 atom stereocenters. The molecule has 1 heterocycles. The predicted octanol–water partition coefficient (Wildman–Crippen LogP) is 2.60. The first-order chi connectivity index (χ1) is 10.1. The van der Waals surface area contributed by atoms with Crippen LogP contribution in [0, 0.1) is 0 Å². The van der Waals surface area contributed by atoms with Crippen LogP contribution in [-0.4, -0.2) is 29.2 Å². The minimum Gasteiger partial charge on any atom is -0.487 e. The van der Waals surface area contributed by atoms with Crippen LogP contribution in [0.15, 0.2) is 30.6 Å². The van der Waals surface area contributed by atoms with Gasteiger partial charge in [-0.15, -0.1) is 0 Å². The van der Waals surface area contributed by atoms with E-state index in [9.17, 15) is 4.79 Å². The zero-order valence-electron chi connectivity index (χ0n) is 10.8. The van der Waals surface area contributed by atoms with E-state index in [1.54, 1.807) is 18.2 Å². The molecule has 0 saturated heterocycles. The van der Waals surface area contributed by atoms with Crippen LogP contribution in [0.1, 0.15) is 10.5 Å². The lowest BCUT2D eigenvalue weighted by Crippen LogP contribution is -2.15. The SMILES string of the molecule is Nc1nccnc1C(=O)OCCOc1c(Cl)cccc1Cl. The number of para-hydroxylation sites is 1. The molecule has 0 radical (unpaired) electrons. The van der Waals surface area contributed by atoms with Crippen LogP contribution in [0.3, 0.4) is 0 Å². The molecule has 1 aromatic carbocycles. The third-order valence-corrected chi connectivity index (χ3v) is 3.00. The first-order valence-electron chi connectivity index (χ1n) is 5.90. The van der Waals surface area contributed by atoms with Gasteiger partial charge in [0.1, 0.15) is 13.2 Å². The van der Waals surface area contributed by atoms with Crippen molar-refractivity contribution in [3.05, 3.63) is 46.3 Å². The van der Waals surface area contributed by atoms with Crippen LogP contribution in [0.5, 0.6) is 5.75 Å². The summed E-state index contributed by atoms with van der Waals surface area (Å²) in [5, 5.41) is 0.763. The number of hydrogen-bond acceptors (Lipinski definition) is 6. The Balaban J connectivity index is 1.85. The van der Waals surface area contributed by atoms with Crippen molar-refractivity contribution in [2.45, 2.75) is 0 Å². The van der Waals surface area contributed by atoms with E-state index in [1.165, 1.54) is 12.4 Å². The number of halogens is 2. The highest BCUT2D eigenvalue weighted by Crippen LogP contribution is 2.32. The van der Waals surface area contributed by atoms with Gasteiger partial charge in [-0.3, -0.25) is 0 Å². The van der Waals surface area contributed by atoms with Gasteiger partial charge in [0.05, 0.1) is 10.0 Å². The Labute approximate surface area is 130 Å². The fourth-order valence-corrected chi connectivity index (χ4v) is 1.98. The third-order valence-electron chi connectivity index (χ3n) is 2.40. The Morgan fingerprint density at radius 3 is 2.48 bits per heavy atom. The first kappa shape index (κ1) is 15.3. The number of anilines is 1. The number of aromatic nitrogens is 2. The lowest BCUT2D eigenvalue weighted by atomic mass is 10.3. The van der Waals surface area contributed by atoms with Crippen LogP contribution in [0.4, 0.5) is 5.82 Å². The summed E-state index contributed by atoms with van der Waals surface area (Å²) in [5.74, 6) is -0.317. The van der Waals surface area contributed by atoms with E-state index in [0.717, 1.165) is 0 Å². The van der Waals surface area contributed by atoms with Gasteiger partial charge in [-0.1, -0.05) is 29.3 Å². The fourth-order valence-electron chi connectivity index (χ4n) is 1.47. The van der Waals surface area contributed by atoms with Crippen molar-refractivity contribution in [2.24, 2.45) is 0 Å². The Morgan fingerprint density at radius 1 is 1.14 bits per heavy atom. The summed E-state index contributed by atoms with van der Waals surface area (Å²) in [6.07, 6.45) is 2.74. The van der Waals surface area contributed by atoms with Crippen molar-refractivity contribution in [1.82, 2.24) is 9.97 Å². The molecule has 21 heavy (non-hydrogen) atoms. The van der Waals surface area contributed by atoms with Gasteiger partial charge >= 0.3 is 5.97 Å². The Kier molecular flexibility index (Phi) is 5.19. The van der Waals surface area contributed by atoms with Crippen LogP contribution < -0.4 is 10.5 Å². The highest BCUT2D eigenvalue weighted by molar-refractivity contribution is 6.37. The Hall–Kier alpha value is -2.05. The summed E-state index contributed by atoms with van der Waals surface area (Å²) >= 11 is 11.9. The topological polar surface area (TPSA) is 87.3 Å². The van der Waals surface area contributed by atoms with Crippen molar-refractivity contribution in [3.8, 4) is 5.75 Å². The normalized spacial score (nSPS) is 10.2. The van der Waals surface area contributed by atoms with Crippen molar-refractivity contribution in [3.63, 3.8) is 0 Å². The maximum absolute atomic E-state index is 11.7. The summed E-state index contributed by atoms with van der Waals surface area (Å²) < 4.78 is 10.4. The molecule has 110 valence electrons. The quantitative estimate of drug-likeness (QED) is 0.670. The number of nitrogens with zero attached hydrogens (tertiary/aromatic N) is 2. The summed E-state index contributed by atoms with van der Waals surface area (Å²) in [5.41, 5.74) is 5.48. The second-order valence-electron chi connectivity index (χ2n) is 3.83.